The second-order valence-electron chi connectivity index (χ2n) is 7.69. The monoisotopic (exact) mass is 334 g/mol. The van der Waals surface area contributed by atoms with E-state index >= 15 is 0 Å². The molecule has 1 amide bonds. The van der Waals surface area contributed by atoms with Crippen molar-refractivity contribution in [3.8, 4) is 0 Å². The Balaban J connectivity index is 1.62. The zero-order valence-corrected chi connectivity index (χ0v) is 15.0. The summed E-state index contributed by atoms with van der Waals surface area (Å²) < 4.78 is 0. The molecule has 0 bridgehead atoms. The number of benzene rings is 2. The fourth-order valence-corrected chi connectivity index (χ4v) is 4.55. The summed E-state index contributed by atoms with van der Waals surface area (Å²) in [6.07, 6.45) is 0. The minimum absolute atomic E-state index is 0.183. The van der Waals surface area contributed by atoms with Crippen LogP contribution in [0.5, 0.6) is 0 Å². The van der Waals surface area contributed by atoms with Crippen molar-refractivity contribution in [2.24, 2.45) is 17.8 Å². The number of rotatable bonds is 5. The van der Waals surface area contributed by atoms with E-state index in [-0.39, 0.29) is 5.91 Å². The number of piperidine rings is 1. The van der Waals surface area contributed by atoms with E-state index in [0.29, 0.717) is 5.92 Å². The number of hydrogen-bond donors (Lipinski definition) is 1. The van der Waals surface area contributed by atoms with Crippen molar-refractivity contribution in [3.63, 3.8) is 0 Å². The average Bonchev–Trinajstić information content (AvgIpc) is 3.07. The Morgan fingerprint density at radius 1 is 1.00 bits per heavy atom. The van der Waals surface area contributed by atoms with Crippen molar-refractivity contribution >= 4 is 5.91 Å². The zero-order valence-electron chi connectivity index (χ0n) is 15.0. The van der Waals surface area contributed by atoms with Crippen molar-refractivity contribution in [3.05, 3.63) is 71.8 Å². The quantitative estimate of drug-likeness (QED) is 0.912. The number of amides is 1. The molecule has 1 heterocycles. The minimum atomic E-state index is -0.653. The van der Waals surface area contributed by atoms with Gasteiger partial charge in [-0.15, -0.1) is 0 Å². The first kappa shape index (κ1) is 16.3. The van der Waals surface area contributed by atoms with Gasteiger partial charge in [0.2, 0.25) is 5.91 Å². The first-order valence-corrected chi connectivity index (χ1v) is 9.19. The van der Waals surface area contributed by atoms with Crippen LogP contribution in [-0.4, -0.2) is 37.5 Å². The molecule has 2 atom stereocenters. The van der Waals surface area contributed by atoms with Crippen molar-refractivity contribution < 1.29 is 4.79 Å². The molecule has 2 unspecified atom stereocenters. The largest absolute Gasteiger partial charge is 0.344 e. The van der Waals surface area contributed by atoms with Crippen LogP contribution in [0, 0.1) is 17.8 Å². The molecular weight excluding hydrogens is 308 g/mol. The first-order valence-electron chi connectivity index (χ1n) is 9.19. The molecule has 3 nitrogen and oxygen atoms in total. The molecule has 0 radical (unpaired) electrons. The highest BCUT2D eigenvalue weighted by Gasteiger charge is 2.53. The van der Waals surface area contributed by atoms with Gasteiger partial charge in [-0.1, -0.05) is 60.7 Å². The summed E-state index contributed by atoms with van der Waals surface area (Å²) in [5.41, 5.74) is 1.45. The summed E-state index contributed by atoms with van der Waals surface area (Å²) in [6, 6.07) is 20.3. The highest BCUT2D eigenvalue weighted by Crippen LogP contribution is 2.49. The highest BCUT2D eigenvalue weighted by atomic mass is 16.2. The number of carbonyl (C=O) groups is 1. The van der Waals surface area contributed by atoms with Crippen LogP contribution in [0.3, 0.4) is 0 Å². The maximum absolute atomic E-state index is 13.6. The molecule has 1 saturated carbocycles. The van der Waals surface area contributed by atoms with E-state index in [9.17, 15) is 4.79 Å². The summed E-state index contributed by atoms with van der Waals surface area (Å²) in [5, 5.41) is 3.43. The minimum Gasteiger partial charge on any atom is -0.344 e. The lowest BCUT2D eigenvalue weighted by Crippen LogP contribution is -2.45. The van der Waals surface area contributed by atoms with Gasteiger partial charge >= 0.3 is 0 Å². The maximum Gasteiger partial charge on any atom is 0.237 e. The van der Waals surface area contributed by atoms with Gasteiger partial charge in [-0.3, -0.25) is 4.79 Å². The van der Waals surface area contributed by atoms with Crippen LogP contribution < -0.4 is 5.32 Å². The number of nitrogens with one attached hydrogen (secondary N) is 1. The van der Waals surface area contributed by atoms with E-state index in [1.54, 1.807) is 0 Å². The second-order valence-corrected chi connectivity index (χ2v) is 7.69. The van der Waals surface area contributed by atoms with E-state index in [1.165, 1.54) is 0 Å². The number of hydrogen-bond acceptors (Lipinski definition) is 2. The van der Waals surface area contributed by atoms with Gasteiger partial charge in [0, 0.05) is 13.6 Å². The lowest BCUT2D eigenvalue weighted by molar-refractivity contribution is -0.134. The molecule has 3 heteroatoms. The van der Waals surface area contributed by atoms with E-state index in [4.69, 9.17) is 0 Å². The molecule has 0 aromatic heterocycles. The number of likely N-dealkylation sites (N-methyl/N-ethyl adjacent to an activating group) is 1. The van der Waals surface area contributed by atoms with Gasteiger partial charge in [-0.2, -0.15) is 0 Å². The smallest absolute Gasteiger partial charge is 0.237 e. The fraction of sp³-hybridized carbons (Fsp3) is 0.409. The lowest BCUT2D eigenvalue weighted by atomic mass is 9.75. The predicted molar refractivity (Wildman–Crippen MR) is 100 cm³/mol. The molecule has 1 N–H and O–H groups in total. The van der Waals surface area contributed by atoms with Crippen LogP contribution in [0.4, 0.5) is 0 Å². The van der Waals surface area contributed by atoms with Crippen molar-refractivity contribution in [1.82, 2.24) is 10.2 Å². The third-order valence-electron chi connectivity index (χ3n) is 6.23. The second kappa shape index (κ2) is 6.30. The van der Waals surface area contributed by atoms with Gasteiger partial charge in [-0.25, -0.2) is 0 Å². The summed E-state index contributed by atoms with van der Waals surface area (Å²) >= 11 is 0. The van der Waals surface area contributed by atoms with Gasteiger partial charge in [0.05, 0.1) is 5.41 Å². The molecule has 130 valence electrons. The average molecular weight is 334 g/mol. The molecule has 2 aliphatic rings. The van der Waals surface area contributed by atoms with Crippen LogP contribution in [0.1, 0.15) is 18.1 Å². The van der Waals surface area contributed by atoms with E-state index in [2.05, 4.69) is 36.5 Å². The Morgan fingerprint density at radius 2 is 1.48 bits per heavy atom. The number of carbonyl (C=O) groups excluding carboxylic acids is 1. The van der Waals surface area contributed by atoms with Crippen molar-refractivity contribution in [1.29, 1.82) is 0 Å². The fourth-order valence-electron chi connectivity index (χ4n) is 4.55. The van der Waals surface area contributed by atoms with Gasteiger partial charge in [0.25, 0.3) is 0 Å². The summed E-state index contributed by atoms with van der Waals surface area (Å²) in [7, 11) is 1.97. The van der Waals surface area contributed by atoms with Gasteiger partial charge < -0.3 is 10.2 Å². The first-order chi connectivity index (χ1) is 12.1. The Hall–Kier alpha value is -2.13. The maximum atomic E-state index is 13.6. The summed E-state index contributed by atoms with van der Waals surface area (Å²) in [6.45, 7) is 5.16. The third kappa shape index (κ3) is 2.77. The Bertz CT molecular complexity index is 694. The molecular formula is C22H26N2O. The van der Waals surface area contributed by atoms with Gasteiger partial charge in [0.1, 0.15) is 0 Å². The van der Waals surface area contributed by atoms with Crippen molar-refractivity contribution in [2.75, 3.05) is 26.7 Å². The van der Waals surface area contributed by atoms with Crippen molar-refractivity contribution in [2.45, 2.75) is 12.3 Å². The number of nitrogens with zero attached hydrogens (tertiary/aromatic N) is 1. The topological polar surface area (TPSA) is 32.3 Å². The van der Waals surface area contributed by atoms with E-state index < -0.39 is 5.41 Å². The van der Waals surface area contributed by atoms with E-state index in [0.717, 1.165) is 42.6 Å². The van der Waals surface area contributed by atoms with Crippen LogP contribution >= 0.6 is 0 Å². The molecule has 2 aromatic rings. The normalized spacial score (nSPS) is 24.6. The highest BCUT2D eigenvalue weighted by molar-refractivity contribution is 5.91. The SMILES string of the molecule is CN(CC1C2CNCC21)C(=O)C(C)(c1ccccc1)c1ccccc1. The Kier molecular flexibility index (Phi) is 4.12. The van der Waals surface area contributed by atoms with Crippen LogP contribution in [0.15, 0.2) is 60.7 Å². The molecule has 1 aliphatic heterocycles. The summed E-state index contributed by atoms with van der Waals surface area (Å²) in [4.78, 5) is 15.5. The molecule has 2 fully saturated rings. The van der Waals surface area contributed by atoms with Crippen LogP contribution in [0.25, 0.3) is 0 Å². The number of fused-ring (bicyclic) bond motifs is 1. The molecule has 0 spiro atoms. The predicted octanol–water partition coefficient (Wildman–Crippen LogP) is 2.92. The molecule has 25 heavy (non-hydrogen) atoms. The van der Waals surface area contributed by atoms with E-state index in [1.807, 2.05) is 48.3 Å². The Morgan fingerprint density at radius 3 is 1.96 bits per heavy atom. The van der Waals surface area contributed by atoms with Crippen LogP contribution in [0.2, 0.25) is 0 Å². The molecule has 2 aromatic carbocycles. The molecule has 1 aliphatic carbocycles. The van der Waals surface area contributed by atoms with Gasteiger partial charge in [0.15, 0.2) is 0 Å². The standard InChI is InChI=1S/C22H26N2O/c1-22(16-9-5-3-6-10-16,17-11-7-4-8-12-17)21(25)24(2)15-20-18-13-23-14-19(18)20/h3-12,18-20,23H,13-15H2,1-2H3. The van der Waals surface area contributed by atoms with Gasteiger partial charge in [-0.05, 0) is 48.9 Å². The molecule has 4 rings (SSSR count). The van der Waals surface area contributed by atoms with Crippen LogP contribution in [-0.2, 0) is 10.2 Å². The zero-order chi connectivity index (χ0) is 17.4. The Labute approximate surface area is 150 Å². The summed E-state index contributed by atoms with van der Waals surface area (Å²) in [5.74, 6) is 2.40. The molecule has 1 saturated heterocycles. The lowest BCUT2D eigenvalue weighted by Gasteiger charge is -2.34. The third-order valence-corrected chi connectivity index (χ3v) is 6.23.